The molecule has 2 aromatic carbocycles. The molecular weight excluding hydrogens is 535 g/mol. The van der Waals surface area contributed by atoms with Crippen molar-refractivity contribution < 1.29 is 8.42 Å². The minimum atomic E-state index is -3.34. The number of hydrogen-bond donors (Lipinski definition) is 3. The van der Waals surface area contributed by atoms with Gasteiger partial charge in [-0.1, -0.05) is 55.8 Å². The van der Waals surface area contributed by atoms with Gasteiger partial charge >= 0.3 is 0 Å². The number of para-hydroxylation sites is 1. The van der Waals surface area contributed by atoms with Crippen LogP contribution < -0.4 is 15.4 Å². The molecule has 0 bridgehead atoms. The Balaban J connectivity index is 0.00000450. The lowest BCUT2D eigenvalue weighted by Crippen LogP contribution is -2.42. The summed E-state index contributed by atoms with van der Waals surface area (Å²) in [4.78, 5) is 4.27. The summed E-state index contributed by atoms with van der Waals surface area (Å²) in [5, 5.41) is 7.33. The maximum absolute atomic E-state index is 11.6. The lowest BCUT2D eigenvalue weighted by atomic mass is 9.86. The predicted molar refractivity (Wildman–Crippen MR) is 137 cm³/mol. The minimum absolute atomic E-state index is 0. The van der Waals surface area contributed by atoms with E-state index in [0.717, 1.165) is 23.3 Å². The van der Waals surface area contributed by atoms with Crippen molar-refractivity contribution in [1.29, 1.82) is 0 Å². The van der Waals surface area contributed by atoms with Gasteiger partial charge in [-0.3, -0.25) is 9.71 Å². The van der Waals surface area contributed by atoms with Gasteiger partial charge in [-0.25, -0.2) is 8.42 Å². The quantitative estimate of drug-likeness (QED) is 0.254. The van der Waals surface area contributed by atoms with Gasteiger partial charge in [0.15, 0.2) is 5.96 Å². The van der Waals surface area contributed by atoms with Gasteiger partial charge in [-0.2, -0.15) is 0 Å². The Morgan fingerprint density at radius 1 is 1.10 bits per heavy atom. The summed E-state index contributed by atoms with van der Waals surface area (Å²) in [5.74, 6) is 0.651. The highest BCUT2D eigenvalue weighted by Gasteiger charge is 2.19. The van der Waals surface area contributed by atoms with Gasteiger partial charge in [0.1, 0.15) is 0 Å². The Labute approximate surface area is 202 Å². The average Bonchev–Trinajstić information content (AvgIpc) is 2.61. The molecule has 166 valence electrons. The molecule has 9 heteroatoms. The van der Waals surface area contributed by atoms with Gasteiger partial charge in [0.2, 0.25) is 10.0 Å². The van der Waals surface area contributed by atoms with Crippen LogP contribution in [0.2, 0.25) is 5.02 Å². The van der Waals surface area contributed by atoms with E-state index in [2.05, 4.69) is 40.3 Å². The zero-order valence-electron chi connectivity index (χ0n) is 17.7. The number of sulfonamides is 1. The molecule has 0 radical (unpaired) electrons. The first-order valence-corrected chi connectivity index (χ1v) is 11.6. The van der Waals surface area contributed by atoms with Crippen LogP contribution in [-0.4, -0.2) is 34.2 Å². The second-order valence-electron chi connectivity index (χ2n) is 7.78. The van der Waals surface area contributed by atoms with E-state index in [1.165, 1.54) is 5.56 Å². The molecule has 0 aliphatic heterocycles. The van der Waals surface area contributed by atoms with Gasteiger partial charge in [0.05, 0.1) is 11.9 Å². The summed E-state index contributed by atoms with van der Waals surface area (Å²) >= 11 is 6.09. The Morgan fingerprint density at radius 3 is 2.43 bits per heavy atom. The maximum Gasteiger partial charge on any atom is 0.229 e. The van der Waals surface area contributed by atoms with Crippen molar-refractivity contribution in [3.63, 3.8) is 0 Å². The molecule has 0 unspecified atom stereocenters. The van der Waals surface area contributed by atoms with E-state index in [1.54, 1.807) is 19.2 Å². The van der Waals surface area contributed by atoms with Crippen molar-refractivity contribution in [3.8, 4) is 0 Å². The Kier molecular flexibility index (Phi) is 10.4. The molecule has 3 N–H and O–H groups in total. The van der Waals surface area contributed by atoms with E-state index < -0.39 is 10.0 Å². The third kappa shape index (κ3) is 9.53. The molecule has 2 rings (SSSR count). The van der Waals surface area contributed by atoms with Crippen LogP contribution in [0.5, 0.6) is 0 Å². The first-order chi connectivity index (χ1) is 13.6. The summed E-state index contributed by atoms with van der Waals surface area (Å²) < 4.78 is 25.7. The van der Waals surface area contributed by atoms with E-state index in [-0.39, 0.29) is 29.4 Å². The predicted octanol–water partition coefficient (Wildman–Crippen LogP) is 4.26. The first kappa shape index (κ1) is 26.5. The van der Waals surface area contributed by atoms with Crippen LogP contribution in [0.3, 0.4) is 0 Å². The van der Waals surface area contributed by atoms with Crippen LogP contribution >= 0.6 is 35.6 Å². The molecule has 30 heavy (non-hydrogen) atoms. The normalized spacial score (nSPS) is 12.1. The zero-order chi connectivity index (χ0) is 21.5. The summed E-state index contributed by atoms with van der Waals surface area (Å²) in [6.07, 6.45) is 2.01. The lowest BCUT2D eigenvalue weighted by molar-refractivity contribution is 0.359. The number of guanidine groups is 1. The topological polar surface area (TPSA) is 82.6 Å². The fraction of sp³-hybridized carbons (Fsp3) is 0.381. The minimum Gasteiger partial charge on any atom is -0.356 e. The van der Waals surface area contributed by atoms with Crippen molar-refractivity contribution in [3.05, 3.63) is 64.7 Å². The largest absolute Gasteiger partial charge is 0.356 e. The molecule has 0 amide bonds. The van der Waals surface area contributed by atoms with Crippen molar-refractivity contribution in [2.45, 2.75) is 26.8 Å². The number of rotatable bonds is 8. The molecule has 0 heterocycles. The van der Waals surface area contributed by atoms with Crippen molar-refractivity contribution in [2.75, 3.05) is 24.6 Å². The van der Waals surface area contributed by atoms with E-state index in [4.69, 9.17) is 11.6 Å². The van der Waals surface area contributed by atoms with Crippen molar-refractivity contribution in [1.82, 2.24) is 10.6 Å². The van der Waals surface area contributed by atoms with Gasteiger partial charge < -0.3 is 10.6 Å². The van der Waals surface area contributed by atoms with Gasteiger partial charge in [0, 0.05) is 25.2 Å². The molecule has 0 aliphatic carbocycles. The number of nitrogens with zero attached hydrogens (tertiary/aromatic N) is 1. The summed E-state index contributed by atoms with van der Waals surface area (Å²) in [5.41, 5.74) is 2.56. The summed E-state index contributed by atoms with van der Waals surface area (Å²) in [6, 6.07) is 15.2. The second-order valence-corrected chi connectivity index (χ2v) is 9.97. The number of nitrogens with one attached hydrogen (secondary N) is 3. The number of anilines is 1. The van der Waals surface area contributed by atoms with E-state index >= 15 is 0 Å². The summed E-state index contributed by atoms with van der Waals surface area (Å²) in [7, 11) is -1.63. The van der Waals surface area contributed by atoms with Crippen LogP contribution in [0, 0.1) is 5.41 Å². The molecule has 0 aliphatic rings. The molecule has 0 aromatic heterocycles. The highest BCUT2D eigenvalue weighted by molar-refractivity contribution is 14.0. The number of halogens is 2. The molecule has 2 aromatic rings. The Hall–Kier alpha value is -1.52. The average molecular weight is 565 g/mol. The Bertz CT molecular complexity index is 965. The number of hydrogen-bond acceptors (Lipinski definition) is 3. The van der Waals surface area contributed by atoms with E-state index in [1.807, 2.05) is 30.3 Å². The number of aliphatic imine (C=N–C) groups is 1. The molecular formula is C21H30ClIN4O2S. The molecule has 6 nitrogen and oxygen atoms in total. The van der Waals surface area contributed by atoms with E-state index in [0.29, 0.717) is 24.7 Å². The van der Waals surface area contributed by atoms with Crippen LogP contribution in [0.15, 0.2) is 53.5 Å². The smallest absolute Gasteiger partial charge is 0.229 e. The molecule has 0 saturated heterocycles. The second kappa shape index (κ2) is 11.8. The van der Waals surface area contributed by atoms with Gasteiger partial charge in [-0.05, 0) is 41.2 Å². The van der Waals surface area contributed by atoms with E-state index in [9.17, 15) is 8.42 Å². The molecule has 0 spiro atoms. The SMILES string of the molecule is CN=C(NCc1ccccc1NS(C)(=O)=O)NCC(C)(C)Cc1cccc(Cl)c1.I. The summed E-state index contributed by atoms with van der Waals surface area (Å²) in [6.45, 7) is 5.51. The highest BCUT2D eigenvalue weighted by Crippen LogP contribution is 2.23. The first-order valence-electron chi connectivity index (χ1n) is 9.33. The molecule has 0 atom stereocenters. The van der Waals surface area contributed by atoms with Gasteiger partial charge in [-0.15, -0.1) is 24.0 Å². The standard InChI is InChI=1S/C21H29ClN4O2S.HI/c1-21(2,13-16-8-7-10-18(22)12-16)15-25-20(23-3)24-14-17-9-5-6-11-19(17)26-29(4,27)28;/h5-12,26H,13-15H2,1-4H3,(H2,23,24,25);1H. The maximum atomic E-state index is 11.6. The molecule has 0 fully saturated rings. The van der Waals surface area contributed by atoms with Crippen LogP contribution in [0.4, 0.5) is 5.69 Å². The highest BCUT2D eigenvalue weighted by atomic mass is 127. The zero-order valence-corrected chi connectivity index (χ0v) is 21.6. The van der Waals surface area contributed by atoms with Crippen LogP contribution in [0.1, 0.15) is 25.0 Å². The number of benzene rings is 2. The van der Waals surface area contributed by atoms with Gasteiger partial charge in [0.25, 0.3) is 0 Å². The van der Waals surface area contributed by atoms with Crippen LogP contribution in [-0.2, 0) is 23.0 Å². The Morgan fingerprint density at radius 2 is 1.80 bits per heavy atom. The fourth-order valence-corrected chi connectivity index (χ4v) is 3.77. The van der Waals surface area contributed by atoms with Crippen molar-refractivity contribution >= 4 is 57.2 Å². The third-order valence-corrected chi connectivity index (χ3v) is 5.11. The third-order valence-electron chi connectivity index (χ3n) is 4.29. The lowest BCUT2D eigenvalue weighted by Gasteiger charge is -2.26. The van der Waals surface area contributed by atoms with Crippen molar-refractivity contribution in [2.24, 2.45) is 10.4 Å². The van der Waals surface area contributed by atoms with Crippen LogP contribution in [0.25, 0.3) is 0 Å². The monoisotopic (exact) mass is 564 g/mol. The fourth-order valence-electron chi connectivity index (χ4n) is 2.96. The molecule has 0 saturated carbocycles.